The highest BCUT2D eigenvalue weighted by Gasteiger charge is 2.07. The van der Waals surface area contributed by atoms with Crippen LogP contribution in [-0.2, 0) is 5.75 Å². The smallest absolute Gasteiger partial charge is 0.150 e. The predicted molar refractivity (Wildman–Crippen MR) is 75.7 cm³/mol. The minimum absolute atomic E-state index is 0.0212. The second-order valence-electron chi connectivity index (χ2n) is 3.53. The van der Waals surface area contributed by atoms with Gasteiger partial charge in [0.2, 0.25) is 0 Å². The van der Waals surface area contributed by atoms with Crippen LogP contribution >= 0.6 is 23.1 Å². The van der Waals surface area contributed by atoms with Gasteiger partial charge in [0.05, 0.1) is 12.7 Å². The van der Waals surface area contributed by atoms with Gasteiger partial charge in [0, 0.05) is 17.3 Å². The summed E-state index contributed by atoms with van der Waals surface area (Å²) in [7, 11) is 1.58. The van der Waals surface area contributed by atoms with Crippen molar-refractivity contribution < 1.29 is 4.74 Å². The molecule has 0 atom stereocenters. The van der Waals surface area contributed by atoms with Crippen molar-refractivity contribution in [1.82, 2.24) is 4.98 Å². The van der Waals surface area contributed by atoms with E-state index in [1.54, 1.807) is 36.4 Å². The molecule has 0 amide bonds. The van der Waals surface area contributed by atoms with Gasteiger partial charge in [-0.05, 0) is 17.7 Å². The highest BCUT2D eigenvalue weighted by Crippen LogP contribution is 2.27. The summed E-state index contributed by atoms with van der Waals surface area (Å²) >= 11 is 3.29. The summed E-state index contributed by atoms with van der Waals surface area (Å²) < 4.78 is 6.21. The summed E-state index contributed by atoms with van der Waals surface area (Å²) in [6.45, 7) is 0. The number of hydrogen-bond acceptors (Lipinski definition) is 5. The maximum absolute atomic E-state index is 7.53. The van der Waals surface area contributed by atoms with Crippen LogP contribution in [-0.4, -0.2) is 17.9 Å². The average molecular weight is 279 g/mol. The van der Waals surface area contributed by atoms with Gasteiger partial charge >= 0.3 is 0 Å². The lowest BCUT2D eigenvalue weighted by atomic mass is 10.1. The number of thioether (sulfide) groups is 1. The standard InChI is InChI=1S/C12H13N3OS2/c1-16-10-3-2-8(6-9(10)11(13)14)7-18-12-15-4-5-17-12/h2-6H,7H2,1H3,(H3,13,14). The lowest BCUT2D eigenvalue weighted by Gasteiger charge is -2.09. The van der Waals surface area contributed by atoms with Crippen LogP contribution < -0.4 is 10.5 Å². The molecule has 94 valence electrons. The van der Waals surface area contributed by atoms with E-state index in [4.69, 9.17) is 15.9 Å². The molecule has 1 aromatic heterocycles. The van der Waals surface area contributed by atoms with Crippen LogP contribution in [0.1, 0.15) is 11.1 Å². The number of thiazole rings is 1. The zero-order chi connectivity index (χ0) is 13.0. The molecular weight excluding hydrogens is 266 g/mol. The van der Waals surface area contributed by atoms with Gasteiger partial charge in [0.1, 0.15) is 15.9 Å². The molecule has 0 spiro atoms. The lowest BCUT2D eigenvalue weighted by Crippen LogP contribution is -2.12. The van der Waals surface area contributed by atoms with Crippen molar-refractivity contribution in [2.45, 2.75) is 10.1 Å². The molecule has 0 aliphatic carbocycles. The molecule has 6 heteroatoms. The van der Waals surface area contributed by atoms with E-state index >= 15 is 0 Å². The highest BCUT2D eigenvalue weighted by molar-refractivity contribution is 8.00. The second kappa shape index (κ2) is 5.88. The van der Waals surface area contributed by atoms with Gasteiger partial charge in [0.15, 0.2) is 0 Å². The van der Waals surface area contributed by atoms with Crippen molar-refractivity contribution >= 4 is 28.9 Å². The van der Waals surface area contributed by atoms with Crippen molar-refractivity contribution in [3.05, 3.63) is 40.9 Å². The first-order valence-electron chi connectivity index (χ1n) is 5.24. The van der Waals surface area contributed by atoms with Crippen LogP contribution in [0, 0.1) is 5.41 Å². The largest absolute Gasteiger partial charge is 0.496 e. The number of hydrogen-bond donors (Lipinski definition) is 2. The minimum atomic E-state index is 0.0212. The van der Waals surface area contributed by atoms with Crippen molar-refractivity contribution in [2.24, 2.45) is 5.73 Å². The van der Waals surface area contributed by atoms with Gasteiger partial charge in [0.25, 0.3) is 0 Å². The Hall–Kier alpha value is -1.53. The summed E-state index contributed by atoms with van der Waals surface area (Å²) in [6.07, 6.45) is 1.79. The summed E-state index contributed by atoms with van der Waals surface area (Å²) in [4.78, 5) is 4.21. The number of benzene rings is 1. The molecule has 0 aliphatic rings. The minimum Gasteiger partial charge on any atom is -0.496 e. The number of nitrogens with two attached hydrogens (primary N) is 1. The predicted octanol–water partition coefficient (Wildman–Crippen LogP) is 2.73. The van der Waals surface area contributed by atoms with E-state index < -0.39 is 0 Å². The number of nitrogen functional groups attached to an aromatic ring is 1. The number of nitrogens with one attached hydrogen (secondary N) is 1. The van der Waals surface area contributed by atoms with E-state index in [-0.39, 0.29) is 5.84 Å². The number of amidine groups is 1. The molecule has 0 saturated heterocycles. The first-order chi connectivity index (χ1) is 8.70. The molecule has 18 heavy (non-hydrogen) atoms. The Balaban J connectivity index is 2.14. The zero-order valence-corrected chi connectivity index (χ0v) is 11.5. The number of aromatic nitrogens is 1. The Labute approximate surface area is 114 Å². The third kappa shape index (κ3) is 3.02. The van der Waals surface area contributed by atoms with E-state index in [2.05, 4.69) is 4.98 Å². The van der Waals surface area contributed by atoms with E-state index in [1.807, 2.05) is 23.6 Å². The molecule has 2 rings (SSSR count). The molecule has 3 N–H and O–H groups in total. The third-order valence-electron chi connectivity index (χ3n) is 2.33. The quantitative estimate of drug-likeness (QED) is 0.501. The summed E-state index contributed by atoms with van der Waals surface area (Å²) in [5.41, 5.74) is 7.27. The topological polar surface area (TPSA) is 72.0 Å². The zero-order valence-electron chi connectivity index (χ0n) is 9.84. The maximum Gasteiger partial charge on any atom is 0.150 e. The van der Waals surface area contributed by atoms with E-state index in [0.717, 1.165) is 15.7 Å². The first-order valence-corrected chi connectivity index (χ1v) is 7.11. The molecule has 0 unspecified atom stereocenters. The molecule has 0 fully saturated rings. The van der Waals surface area contributed by atoms with E-state index in [0.29, 0.717) is 11.3 Å². The van der Waals surface area contributed by atoms with Gasteiger partial charge in [-0.15, -0.1) is 11.3 Å². The van der Waals surface area contributed by atoms with Crippen molar-refractivity contribution in [3.8, 4) is 5.75 Å². The second-order valence-corrected chi connectivity index (χ2v) is 5.65. The summed E-state index contributed by atoms with van der Waals surface area (Å²) in [5.74, 6) is 1.45. The highest BCUT2D eigenvalue weighted by atomic mass is 32.2. The van der Waals surface area contributed by atoms with Crippen LogP contribution in [0.3, 0.4) is 0 Å². The van der Waals surface area contributed by atoms with Crippen LogP contribution in [0.15, 0.2) is 34.1 Å². The molecule has 4 nitrogen and oxygen atoms in total. The fourth-order valence-electron chi connectivity index (χ4n) is 1.48. The van der Waals surface area contributed by atoms with Gasteiger partial charge in [-0.3, -0.25) is 5.41 Å². The van der Waals surface area contributed by atoms with E-state index in [1.165, 1.54) is 0 Å². The first kappa shape index (κ1) is 12.9. The summed E-state index contributed by atoms with van der Waals surface area (Å²) in [5, 5.41) is 9.48. The van der Waals surface area contributed by atoms with Gasteiger partial charge in [-0.2, -0.15) is 0 Å². The Kier molecular flexibility index (Phi) is 4.22. The fourth-order valence-corrected chi connectivity index (χ4v) is 3.06. The Morgan fingerprint density at radius 2 is 2.39 bits per heavy atom. The van der Waals surface area contributed by atoms with Gasteiger partial charge < -0.3 is 10.5 Å². The Morgan fingerprint density at radius 3 is 3.00 bits per heavy atom. The normalized spacial score (nSPS) is 10.3. The van der Waals surface area contributed by atoms with E-state index in [9.17, 15) is 0 Å². The maximum atomic E-state index is 7.53. The molecule has 0 aliphatic heterocycles. The third-order valence-corrected chi connectivity index (χ3v) is 4.36. The van der Waals surface area contributed by atoms with Crippen LogP contribution in [0.4, 0.5) is 0 Å². The number of rotatable bonds is 5. The molecule has 1 aromatic carbocycles. The molecular formula is C12H13N3OS2. The van der Waals surface area contributed by atoms with Crippen LogP contribution in [0.2, 0.25) is 0 Å². The monoisotopic (exact) mass is 279 g/mol. The molecule has 0 saturated carbocycles. The Morgan fingerprint density at radius 1 is 1.56 bits per heavy atom. The fraction of sp³-hybridized carbons (Fsp3) is 0.167. The molecule has 0 bridgehead atoms. The van der Waals surface area contributed by atoms with Gasteiger partial charge in [-0.25, -0.2) is 4.98 Å². The van der Waals surface area contributed by atoms with Crippen LogP contribution in [0.25, 0.3) is 0 Å². The molecule has 0 radical (unpaired) electrons. The average Bonchev–Trinajstić information content (AvgIpc) is 2.89. The number of ether oxygens (including phenoxy) is 1. The SMILES string of the molecule is COc1ccc(CSc2nccs2)cc1C(=N)N. The Bertz CT molecular complexity index is 540. The summed E-state index contributed by atoms with van der Waals surface area (Å²) in [6, 6.07) is 5.71. The van der Waals surface area contributed by atoms with Crippen molar-refractivity contribution in [1.29, 1.82) is 5.41 Å². The number of methoxy groups -OCH3 is 1. The molecule has 1 heterocycles. The lowest BCUT2D eigenvalue weighted by molar-refractivity contribution is 0.413. The van der Waals surface area contributed by atoms with Crippen molar-refractivity contribution in [3.63, 3.8) is 0 Å². The van der Waals surface area contributed by atoms with Gasteiger partial charge in [-0.1, -0.05) is 17.8 Å². The van der Waals surface area contributed by atoms with Crippen LogP contribution in [0.5, 0.6) is 5.75 Å². The molecule has 2 aromatic rings. The van der Waals surface area contributed by atoms with Crippen molar-refractivity contribution in [2.75, 3.05) is 7.11 Å². The number of nitrogens with zero attached hydrogens (tertiary/aromatic N) is 1.